The molecular weight excluding hydrogens is 443 g/mol. The normalized spacial score (nSPS) is 14.1. The minimum atomic E-state index is -0.651. The SMILES string of the molecule is Nc1ncnc2c1c(-c1ccc3cc(Cc4cc(F)cc(F)c4)ncc3c1F)cn2C1COC1. The molecule has 5 aromatic rings. The molecule has 2 N–H and O–H groups in total. The Labute approximate surface area is 191 Å². The van der Waals surface area contributed by atoms with Crippen molar-refractivity contribution in [3.8, 4) is 11.1 Å². The summed E-state index contributed by atoms with van der Waals surface area (Å²) >= 11 is 0. The highest BCUT2D eigenvalue weighted by molar-refractivity contribution is 6.02. The zero-order valence-corrected chi connectivity index (χ0v) is 17.8. The van der Waals surface area contributed by atoms with Crippen LogP contribution in [0.2, 0.25) is 0 Å². The molecule has 170 valence electrons. The topological polar surface area (TPSA) is 78.9 Å². The van der Waals surface area contributed by atoms with Gasteiger partial charge in [0.1, 0.15) is 35.2 Å². The van der Waals surface area contributed by atoms with Crippen molar-refractivity contribution < 1.29 is 17.9 Å². The molecule has 0 radical (unpaired) electrons. The number of aromatic nitrogens is 4. The predicted molar refractivity (Wildman–Crippen MR) is 122 cm³/mol. The van der Waals surface area contributed by atoms with Crippen LogP contribution in [0.5, 0.6) is 0 Å². The van der Waals surface area contributed by atoms with E-state index in [1.807, 2.05) is 10.8 Å². The second kappa shape index (κ2) is 7.81. The van der Waals surface area contributed by atoms with Gasteiger partial charge < -0.3 is 15.0 Å². The number of nitrogens with two attached hydrogens (primary N) is 1. The average molecular weight is 461 g/mol. The van der Waals surface area contributed by atoms with E-state index < -0.39 is 17.5 Å². The van der Waals surface area contributed by atoms with E-state index >= 15 is 4.39 Å². The average Bonchev–Trinajstić information content (AvgIpc) is 3.12. The molecule has 0 aliphatic carbocycles. The molecule has 1 aliphatic rings. The van der Waals surface area contributed by atoms with E-state index in [1.54, 1.807) is 18.2 Å². The Morgan fingerprint density at radius 1 is 0.971 bits per heavy atom. The number of nitrogens with zero attached hydrogens (tertiary/aromatic N) is 4. The summed E-state index contributed by atoms with van der Waals surface area (Å²) in [5.41, 5.74) is 8.77. The first-order valence-electron chi connectivity index (χ1n) is 10.7. The first-order valence-corrected chi connectivity index (χ1v) is 10.7. The maximum Gasteiger partial charge on any atom is 0.146 e. The Morgan fingerprint density at radius 3 is 2.50 bits per heavy atom. The van der Waals surface area contributed by atoms with Gasteiger partial charge in [0.15, 0.2) is 0 Å². The van der Waals surface area contributed by atoms with Crippen LogP contribution in [0.25, 0.3) is 32.9 Å². The minimum absolute atomic E-state index is 0.103. The second-order valence-corrected chi connectivity index (χ2v) is 8.38. The molecule has 1 aliphatic heterocycles. The van der Waals surface area contributed by atoms with Crippen molar-refractivity contribution in [3.05, 3.63) is 83.8 Å². The van der Waals surface area contributed by atoms with E-state index in [2.05, 4.69) is 15.0 Å². The third kappa shape index (κ3) is 3.36. The molecule has 0 saturated carbocycles. The van der Waals surface area contributed by atoms with E-state index in [-0.39, 0.29) is 18.3 Å². The zero-order chi connectivity index (χ0) is 23.4. The van der Waals surface area contributed by atoms with Crippen molar-refractivity contribution in [1.82, 2.24) is 19.5 Å². The summed E-state index contributed by atoms with van der Waals surface area (Å²) in [7, 11) is 0. The van der Waals surface area contributed by atoms with E-state index in [4.69, 9.17) is 10.5 Å². The molecule has 1 fully saturated rings. The summed E-state index contributed by atoms with van der Waals surface area (Å²) in [5.74, 6) is -1.47. The summed E-state index contributed by atoms with van der Waals surface area (Å²) < 4.78 is 50.0. The van der Waals surface area contributed by atoms with Crippen molar-refractivity contribution >= 4 is 27.6 Å². The number of rotatable bonds is 4. The van der Waals surface area contributed by atoms with Crippen LogP contribution in [0.1, 0.15) is 17.3 Å². The molecule has 0 amide bonds. The Hall–Kier alpha value is -3.98. The summed E-state index contributed by atoms with van der Waals surface area (Å²) in [6, 6.07) is 8.64. The minimum Gasteiger partial charge on any atom is -0.383 e. The fourth-order valence-electron chi connectivity index (χ4n) is 4.43. The van der Waals surface area contributed by atoms with Gasteiger partial charge >= 0.3 is 0 Å². The summed E-state index contributed by atoms with van der Waals surface area (Å²) in [6.07, 6.45) is 4.90. The number of benzene rings is 2. The van der Waals surface area contributed by atoms with Crippen LogP contribution in [0, 0.1) is 17.5 Å². The van der Waals surface area contributed by atoms with Crippen molar-refractivity contribution in [2.45, 2.75) is 12.5 Å². The fraction of sp³-hybridized carbons (Fsp3) is 0.160. The van der Waals surface area contributed by atoms with Gasteiger partial charge in [-0.05, 0) is 29.1 Å². The molecule has 0 spiro atoms. The summed E-state index contributed by atoms with van der Waals surface area (Å²) in [4.78, 5) is 12.8. The maximum absolute atomic E-state index is 15.7. The third-order valence-electron chi connectivity index (χ3n) is 6.15. The molecule has 6 rings (SSSR count). The molecule has 6 nitrogen and oxygen atoms in total. The Bertz CT molecular complexity index is 1560. The summed E-state index contributed by atoms with van der Waals surface area (Å²) in [5, 5.41) is 1.55. The third-order valence-corrected chi connectivity index (χ3v) is 6.15. The molecule has 34 heavy (non-hydrogen) atoms. The Morgan fingerprint density at radius 2 is 1.76 bits per heavy atom. The van der Waals surface area contributed by atoms with Gasteiger partial charge in [-0.15, -0.1) is 0 Å². The fourth-order valence-corrected chi connectivity index (χ4v) is 4.43. The number of ether oxygens (including phenoxy) is 1. The predicted octanol–water partition coefficient (Wildman–Crippen LogP) is 4.81. The lowest BCUT2D eigenvalue weighted by Crippen LogP contribution is -2.30. The van der Waals surface area contributed by atoms with Crippen LogP contribution in [-0.4, -0.2) is 32.7 Å². The second-order valence-electron chi connectivity index (χ2n) is 8.38. The highest BCUT2D eigenvalue weighted by Gasteiger charge is 2.26. The van der Waals surface area contributed by atoms with Gasteiger partial charge in [-0.3, -0.25) is 4.98 Å². The number of hydrogen-bond donors (Lipinski definition) is 1. The van der Waals surface area contributed by atoms with Gasteiger partial charge in [0, 0.05) is 47.1 Å². The van der Waals surface area contributed by atoms with Crippen molar-refractivity contribution in [2.75, 3.05) is 18.9 Å². The zero-order valence-electron chi connectivity index (χ0n) is 17.8. The number of nitrogen functional groups attached to an aromatic ring is 1. The van der Waals surface area contributed by atoms with E-state index in [9.17, 15) is 8.78 Å². The maximum atomic E-state index is 15.7. The first-order chi connectivity index (χ1) is 16.5. The highest BCUT2D eigenvalue weighted by atomic mass is 19.1. The van der Waals surface area contributed by atoms with Gasteiger partial charge in [-0.2, -0.15) is 0 Å². The van der Waals surface area contributed by atoms with E-state index in [0.29, 0.717) is 57.4 Å². The molecular formula is C25H18F3N5O. The molecule has 0 unspecified atom stereocenters. The quantitative estimate of drug-likeness (QED) is 0.416. The largest absolute Gasteiger partial charge is 0.383 e. The molecule has 4 heterocycles. The van der Waals surface area contributed by atoms with Gasteiger partial charge in [0.2, 0.25) is 0 Å². The van der Waals surface area contributed by atoms with Crippen molar-refractivity contribution in [2.24, 2.45) is 0 Å². The van der Waals surface area contributed by atoms with E-state index in [0.717, 1.165) is 6.07 Å². The molecule has 0 atom stereocenters. The van der Waals surface area contributed by atoms with Crippen LogP contribution in [-0.2, 0) is 11.2 Å². The molecule has 2 aromatic carbocycles. The van der Waals surface area contributed by atoms with Crippen LogP contribution in [0.15, 0.2) is 55.1 Å². The summed E-state index contributed by atoms with van der Waals surface area (Å²) in [6.45, 7) is 1.10. The highest BCUT2D eigenvalue weighted by Crippen LogP contribution is 2.38. The van der Waals surface area contributed by atoms with Gasteiger partial charge in [0.25, 0.3) is 0 Å². The monoisotopic (exact) mass is 461 g/mol. The number of halogens is 3. The lowest BCUT2D eigenvalue weighted by molar-refractivity contribution is -0.0215. The van der Waals surface area contributed by atoms with Crippen LogP contribution in [0.3, 0.4) is 0 Å². The van der Waals surface area contributed by atoms with Gasteiger partial charge in [0.05, 0.1) is 24.6 Å². The Balaban J connectivity index is 1.44. The van der Waals surface area contributed by atoms with Gasteiger partial charge in [-0.25, -0.2) is 23.1 Å². The van der Waals surface area contributed by atoms with Crippen LogP contribution >= 0.6 is 0 Å². The van der Waals surface area contributed by atoms with Crippen molar-refractivity contribution in [3.63, 3.8) is 0 Å². The molecule has 3 aromatic heterocycles. The lowest BCUT2D eigenvalue weighted by Gasteiger charge is -2.27. The van der Waals surface area contributed by atoms with Crippen molar-refractivity contribution in [1.29, 1.82) is 0 Å². The number of pyridine rings is 1. The van der Waals surface area contributed by atoms with E-state index in [1.165, 1.54) is 24.7 Å². The first kappa shape index (κ1) is 20.6. The molecule has 9 heteroatoms. The van der Waals surface area contributed by atoms with Crippen LogP contribution < -0.4 is 5.73 Å². The van der Waals surface area contributed by atoms with Gasteiger partial charge in [-0.1, -0.05) is 12.1 Å². The lowest BCUT2D eigenvalue weighted by atomic mass is 10.00. The smallest absolute Gasteiger partial charge is 0.146 e. The molecule has 1 saturated heterocycles. The Kier molecular flexibility index (Phi) is 4.73. The standard InChI is InChI=1S/C25H18F3N5O/c26-15-3-13(4-16(27)7-15)5-17-6-14-1-2-19(23(28)20(14)8-30-17)21-9-33(18-10-34-11-18)25-22(21)24(29)31-12-32-25/h1-4,6-9,12,18H,5,10-11H2,(H2,29,31,32). The number of hydrogen-bond acceptors (Lipinski definition) is 5. The van der Waals surface area contributed by atoms with Crippen LogP contribution in [0.4, 0.5) is 19.0 Å². The molecule has 0 bridgehead atoms. The number of anilines is 1. The number of fused-ring (bicyclic) bond motifs is 2.